The largest absolute Gasteiger partial charge is 0.379 e. The molecule has 0 aliphatic carbocycles. The number of carbonyl (C=O) groups is 2. The Hall–Kier alpha value is -4.79. The summed E-state index contributed by atoms with van der Waals surface area (Å²) in [5.74, 6) is -0.0945. The fourth-order valence-corrected chi connectivity index (χ4v) is 6.78. The summed E-state index contributed by atoms with van der Waals surface area (Å²) in [5, 5.41) is 23.2. The summed E-state index contributed by atoms with van der Waals surface area (Å²) in [7, 11) is 3.20. The maximum atomic E-state index is 11.2. The van der Waals surface area contributed by atoms with Crippen LogP contribution < -0.4 is 10.6 Å². The Kier molecular flexibility index (Phi) is 70.3. The predicted octanol–water partition coefficient (Wildman–Crippen LogP) is 1.68. The third-order valence-electron chi connectivity index (χ3n) is 11.6. The molecule has 0 radical (unpaired) electrons. The van der Waals surface area contributed by atoms with E-state index in [9.17, 15) is 9.59 Å². The molecule has 91 heavy (non-hydrogen) atoms. The standard InChI is InChI=1S/C29H56N8O10.C26H52N8O10/c1-28-27-37(35-33-28)8-14-44-20-26-47-25-19-43-13-7-36(6-12-42-18-24-46-22-16-40-10-4-32-34-30)5-11-41-17-23-45-21-15-39-9-3-29(38)31-2;1-29-26(35)2-8-36-14-20-42-23-17-39-11-5-34(6-12-40-18-24-43-21-15-37-9-3-30-32-27)7-13-41-19-25-44-22-16-38-10-4-31-33-28/h27H,3-26H2,1-2H3,(H,31,38);2-25H2,1H3,(H,29,35). The van der Waals surface area contributed by atoms with Crippen molar-refractivity contribution in [3.05, 3.63) is 43.2 Å². The highest BCUT2D eigenvalue weighted by Gasteiger charge is 2.09. The number of aromatic nitrogens is 3. The van der Waals surface area contributed by atoms with Gasteiger partial charge in [-0.05, 0) is 23.5 Å². The van der Waals surface area contributed by atoms with Gasteiger partial charge in [-0.15, -0.1) is 5.10 Å². The predicted molar refractivity (Wildman–Crippen MR) is 332 cm³/mol. The van der Waals surface area contributed by atoms with Crippen molar-refractivity contribution in [3.63, 3.8) is 0 Å². The van der Waals surface area contributed by atoms with Crippen molar-refractivity contribution in [3.8, 4) is 0 Å². The van der Waals surface area contributed by atoms with Gasteiger partial charge >= 0.3 is 0 Å². The second-order valence-electron chi connectivity index (χ2n) is 18.5. The van der Waals surface area contributed by atoms with Crippen molar-refractivity contribution in [2.45, 2.75) is 26.3 Å². The van der Waals surface area contributed by atoms with Gasteiger partial charge in [0.15, 0.2) is 0 Å². The maximum absolute atomic E-state index is 11.2. The Morgan fingerprint density at radius 3 is 0.813 bits per heavy atom. The van der Waals surface area contributed by atoms with Crippen LogP contribution in [0.5, 0.6) is 0 Å². The van der Waals surface area contributed by atoms with E-state index in [1.54, 1.807) is 18.8 Å². The second-order valence-corrected chi connectivity index (χ2v) is 18.5. The van der Waals surface area contributed by atoms with E-state index in [-0.39, 0.29) is 11.8 Å². The zero-order valence-corrected chi connectivity index (χ0v) is 54.4. The van der Waals surface area contributed by atoms with Crippen LogP contribution >= 0.6 is 0 Å². The molecule has 0 aromatic carbocycles. The quantitative estimate of drug-likeness (QED) is 0.0405. The van der Waals surface area contributed by atoms with E-state index in [1.807, 2.05) is 13.1 Å². The van der Waals surface area contributed by atoms with Crippen LogP contribution in [0.15, 0.2) is 21.5 Å². The summed E-state index contributed by atoms with van der Waals surface area (Å²) in [6, 6.07) is 0. The van der Waals surface area contributed by atoms with E-state index in [0.717, 1.165) is 25.3 Å². The number of nitrogens with one attached hydrogen (secondary N) is 2. The molecule has 36 heteroatoms. The van der Waals surface area contributed by atoms with Gasteiger partial charge in [-0.25, -0.2) is 4.68 Å². The normalized spacial score (nSPS) is 11.1. The lowest BCUT2D eigenvalue weighted by atomic mass is 10.4. The Balaban J connectivity index is 0.00000178. The summed E-state index contributed by atoms with van der Waals surface area (Å²) >= 11 is 0. The lowest BCUT2D eigenvalue weighted by molar-refractivity contribution is -0.122. The molecule has 0 saturated carbocycles. The minimum atomic E-state index is -0.0497. The number of nitrogens with zero attached hydrogens (tertiary/aromatic N) is 14. The number of carbonyl (C=O) groups excluding carboxylic acids is 2. The first-order valence-corrected chi connectivity index (χ1v) is 31.0. The van der Waals surface area contributed by atoms with E-state index < -0.39 is 0 Å². The van der Waals surface area contributed by atoms with Crippen molar-refractivity contribution >= 4 is 11.8 Å². The molecule has 0 spiro atoms. The fourth-order valence-electron chi connectivity index (χ4n) is 6.78. The summed E-state index contributed by atoms with van der Waals surface area (Å²) in [6.07, 6.45) is 2.55. The van der Waals surface area contributed by atoms with Gasteiger partial charge < -0.3 is 95.9 Å². The van der Waals surface area contributed by atoms with E-state index in [0.29, 0.717) is 297 Å². The van der Waals surface area contributed by atoms with Gasteiger partial charge in [-0.1, -0.05) is 20.6 Å². The number of rotatable bonds is 72. The Morgan fingerprint density at radius 1 is 0.374 bits per heavy atom. The van der Waals surface area contributed by atoms with Crippen LogP contribution in [0.25, 0.3) is 31.3 Å². The molecular weight excluding hydrogens is 1200 g/mol. The van der Waals surface area contributed by atoms with Gasteiger partial charge in [-0.3, -0.25) is 19.4 Å². The molecule has 0 aliphatic rings. The molecule has 0 atom stereocenters. The Morgan fingerprint density at radius 2 is 0.593 bits per heavy atom. The number of ether oxygens (including phenoxy) is 18. The number of aryl methyl sites for hydroxylation is 1. The van der Waals surface area contributed by atoms with Gasteiger partial charge in [0.25, 0.3) is 0 Å². The van der Waals surface area contributed by atoms with Crippen molar-refractivity contribution in [2.24, 2.45) is 15.3 Å². The van der Waals surface area contributed by atoms with Crippen LogP contribution in [0.3, 0.4) is 0 Å². The topological polar surface area (TPSA) is 408 Å². The molecule has 36 nitrogen and oxygen atoms in total. The average molecular weight is 1310 g/mol. The number of azide groups is 3. The maximum Gasteiger partial charge on any atom is 0.222 e. The summed E-state index contributed by atoms with van der Waals surface area (Å²) in [6.45, 7) is 24.6. The third-order valence-corrected chi connectivity index (χ3v) is 11.6. The molecule has 0 unspecified atom stereocenters. The van der Waals surface area contributed by atoms with Crippen LogP contribution in [-0.2, 0) is 101 Å². The fraction of sp³-hybridized carbons (Fsp3) is 0.927. The van der Waals surface area contributed by atoms with Gasteiger partial charge in [0.2, 0.25) is 11.8 Å². The van der Waals surface area contributed by atoms with Crippen molar-refractivity contribution in [1.29, 1.82) is 0 Å². The molecule has 2 N–H and O–H groups in total. The number of hydrogen-bond acceptors (Lipinski definition) is 27. The summed E-state index contributed by atoms with van der Waals surface area (Å²) in [5.41, 5.74) is 25.5. The zero-order valence-electron chi connectivity index (χ0n) is 54.4. The minimum absolute atomic E-state index is 0.0449. The highest BCUT2D eigenvalue weighted by molar-refractivity contribution is 5.75. The Bertz CT molecular complexity index is 1840. The first-order valence-electron chi connectivity index (χ1n) is 31.0. The van der Waals surface area contributed by atoms with Gasteiger partial charge in [0.1, 0.15) is 0 Å². The van der Waals surface area contributed by atoms with Crippen LogP contribution in [0, 0.1) is 6.92 Å². The summed E-state index contributed by atoms with van der Waals surface area (Å²) < 4.78 is 101. The first kappa shape index (κ1) is 86.2. The molecule has 0 fully saturated rings. The molecule has 2 amide bonds. The lowest BCUT2D eigenvalue weighted by Gasteiger charge is -2.22. The summed E-state index contributed by atoms with van der Waals surface area (Å²) in [4.78, 5) is 34.7. The van der Waals surface area contributed by atoms with Crippen molar-refractivity contribution in [1.82, 2.24) is 35.4 Å². The molecule has 1 heterocycles. The molecule has 1 aromatic rings. The number of hydrogen-bond donors (Lipinski definition) is 2. The minimum Gasteiger partial charge on any atom is -0.379 e. The highest BCUT2D eigenvalue weighted by Crippen LogP contribution is 1.97. The Labute approximate surface area is 536 Å². The van der Waals surface area contributed by atoms with Crippen LogP contribution in [0.2, 0.25) is 0 Å². The average Bonchev–Trinajstić information content (AvgIpc) is 4.14. The molecule has 528 valence electrons. The SMILES string of the molecule is CNC(=O)CCOCCOCCOCCN(CCOCCOCCOCCN=[N+]=[N-])CCOCCOCCOCCN=[N+]=[N-].CNC(=O)CCOCCOCCOCCN(CCOCCOCCOCCN=[N+]=[N-])CCOCCOCCOCCn1cc(C)nn1. The molecule has 0 bridgehead atoms. The van der Waals surface area contributed by atoms with E-state index >= 15 is 0 Å². The van der Waals surface area contributed by atoms with E-state index in [4.69, 9.17) is 102 Å². The van der Waals surface area contributed by atoms with Crippen molar-refractivity contribution in [2.75, 3.05) is 311 Å². The molecule has 1 rings (SSSR count). The van der Waals surface area contributed by atoms with Gasteiger partial charge in [0, 0.05) is 107 Å². The molecule has 0 aliphatic heterocycles. The molecular formula is C55H108N16O20. The monoisotopic (exact) mass is 1310 g/mol. The smallest absolute Gasteiger partial charge is 0.222 e. The highest BCUT2D eigenvalue weighted by atomic mass is 16.6. The zero-order chi connectivity index (χ0) is 65.9. The number of amides is 2. The van der Waals surface area contributed by atoms with Gasteiger partial charge in [-0.2, -0.15) is 0 Å². The second kappa shape index (κ2) is 74.3. The first-order chi connectivity index (χ1) is 44.9. The van der Waals surface area contributed by atoms with E-state index in [2.05, 4.69) is 60.8 Å². The van der Waals surface area contributed by atoms with Crippen LogP contribution in [0.1, 0.15) is 18.5 Å². The third kappa shape index (κ3) is 69.4. The molecule has 1 aromatic heterocycles. The van der Waals surface area contributed by atoms with Crippen molar-refractivity contribution < 1.29 is 94.9 Å². The van der Waals surface area contributed by atoms with Crippen LogP contribution in [-0.4, -0.2) is 347 Å². The lowest BCUT2D eigenvalue weighted by Crippen LogP contribution is -2.34. The molecule has 0 saturated heterocycles. The van der Waals surface area contributed by atoms with Crippen LogP contribution in [0.4, 0.5) is 0 Å². The van der Waals surface area contributed by atoms with Gasteiger partial charge in [0.05, 0.1) is 250 Å². The van der Waals surface area contributed by atoms with E-state index in [1.165, 1.54) is 0 Å².